The number of halogens is 1. The number of carboxylic acid groups (broad SMARTS) is 1. The van der Waals surface area contributed by atoms with Crippen molar-refractivity contribution in [1.29, 1.82) is 0 Å². The van der Waals surface area contributed by atoms with E-state index in [2.05, 4.69) is 15.9 Å². The highest BCUT2D eigenvalue weighted by Gasteiger charge is 2.16. The number of hydrogen-bond donors (Lipinski definition) is 1. The second-order valence-corrected chi connectivity index (χ2v) is 5.20. The molecule has 0 bridgehead atoms. The van der Waals surface area contributed by atoms with E-state index in [9.17, 15) is 14.9 Å². The Kier molecular flexibility index (Phi) is 3.44. The Balaban J connectivity index is 2.64. The van der Waals surface area contributed by atoms with E-state index in [4.69, 9.17) is 5.11 Å². The van der Waals surface area contributed by atoms with Gasteiger partial charge in [-0.25, -0.2) is 4.79 Å². The van der Waals surface area contributed by atoms with Crippen molar-refractivity contribution in [1.82, 2.24) is 0 Å². The molecule has 0 saturated heterocycles. The van der Waals surface area contributed by atoms with Crippen LogP contribution >= 0.6 is 27.3 Å². The summed E-state index contributed by atoms with van der Waals surface area (Å²) >= 11 is 4.70. The van der Waals surface area contributed by atoms with Crippen LogP contribution in [-0.4, -0.2) is 16.0 Å². The van der Waals surface area contributed by atoms with Gasteiger partial charge >= 0.3 is 5.97 Å². The smallest absolute Gasteiger partial charge is 0.335 e. The van der Waals surface area contributed by atoms with E-state index in [-0.39, 0.29) is 11.3 Å². The Morgan fingerprint density at radius 3 is 2.61 bits per heavy atom. The van der Waals surface area contributed by atoms with Gasteiger partial charge in [-0.05, 0) is 33.4 Å². The van der Waals surface area contributed by atoms with Gasteiger partial charge in [-0.15, -0.1) is 11.3 Å². The average Bonchev–Trinajstić information content (AvgIpc) is 2.74. The van der Waals surface area contributed by atoms with E-state index >= 15 is 0 Å². The Hall–Kier alpha value is -1.73. The number of nitro benzene ring substituents is 1. The zero-order chi connectivity index (χ0) is 13.3. The van der Waals surface area contributed by atoms with Crippen molar-refractivity contribution >= 4 is 38.9 Å². The van der Waals surface area contributed by atoms with Crippen molar-refractivity contribution in [3.63, 3.8) is 0 Å². The lowest BCUT2D eigenvalue weighted by atomic mass is 10.1. The predicted octanol–water partition coefficient (Wildman–Crippen LogP) is 3.78. The Bertz CT molecular complexity index is 605. The van der Waals surface area contributed by atoms with Crippen LogP contribution in [0.1, 0.15) is 10.4 Å². The average molecular weight is 328 g/mol. The SMILES string of the molecule is O=C(O)c1cc(-c2sccc2Br)cc([N+](=O)[O-])c1. The number of hydrogen-bond acceptors (Lipinski definition) is 4. The predicted molar refractivity (Wildman–Crippen MR) is 71.1 cm³/mol. The van der Waals surface area contributed by atoms with E-state index in [1.54, 1.807) is 6.07 Å². The lowest BCUT2D eigenvalue weighted by molar-refractivity contribution is -0.384. The van der Waals surface area contributed by atoms with Gasteiger partial charge in [-0.2, -0.15) is 0 Å². The van der Waals surface area contributed by atoms with Crippen molar-refractivity contribution in [2.45, 2.75) is 0 Å². The third-order valence-electron chi connectivity index (χ3n) is 2.25. The number of thiophene rings is 1. The van der Waals surface area contributed by atoms with Gasteiger partial charge < -0.3 is 5.11 Å². The summed E-state index contributed by atoms with van der Waals surface area (Å²) < 4.78 is 0.782. The van der Waals surface area contributed by atoms with E-state index < -0.39 is 10.9 Å². The number of nitrogens with zero attached hydrogens (tertiary/aromatic N) is 1. The molecule has 1 aromatic heterocycles. The van der Waals surface area contributed by atoms with Crippen molar-refractivity contribution in [3.8, 4) is 10.4 Å². The molecular weight excluding hydrogens is 322 g/mol. The molecule has 0 unspecified atom stereocenters. The number of carbonyl (C=O) groups is 1. The molecule has 18 heavy (non-hydrogen) atoms. The third kappa shape index (κ3) is 2.41. The van der Waals surface area contributed by atoms with Gasteiger partial charge in [0.15, 0.2) is 0 Å². The molecule has 1 N–H and O–H groups in total. The molecule has 0 radical (unpaired) electrons. The second-order valence-electron chi connectivity index (χ2n) is 3.43. The van der Waals surface area contributed by atoms with Gasteiger partial charge in [-0.3, -0.25) is 10.1 Å². The van der Waals surface area contributed by atoms with Gasteiger partial charge in [0.05, 0.1) is 10.5 Å². The summed E-state index contributed by atoms with van der Waals surface area (Å²) in [6.07, 6.45) is 0. The molecular formula is C11H6BrNO4S. The van der Waals surface area contributed by atoms with Crippen LogP contribution in [0.25, 0.3) is 10.4 Å². The highest BCUT2D eigenvalue weighted by Crippen LogP contribution is 2.35. The first kappa shape index (κ1) is 12.7. The molecule has 2 aromatic rings. The van der Waals surface area contributed by atoms with Crippen LogP contribution < -0.4 is 0 Å². The van der Waals surface area contributed by atoms with E-state index in [1.165, 1.54) is 23.5 Å². The minimum Gasteiger partial charge on any atom is -0.478 e. The summed E-state index contributed by atoms with van der Waals surface area (Å²) in [5.41, 5.74) is 0.188. The Morgan fingerprint density at radius 1 is 1.39 bits per heavy atom. The summed E-state index contributed by atoms with van der Waals surface area (Å²) in [5, 5.41) is 21.6. The van der Waals surface area contributed by atoms with E-state index in [0.29, 0.717) is 5.56 Å². The largest absolute Gasteiger partial charge is 0.478 e. The van der Waals surface area contributed by atoms with Crippen molar-refractivity contribution in [3.05, 3.63) is 49.8 Å². The molecule has 0 spiro atoms. The fourth-order valence-electron chi connectivity index (χ4n) is 1.47. The molecule has 0 fully saturated rings. The maximum atomic E-state index is 11.0. The molecule has 0 aliphatic rings. The molecule has 0 atom stereocenters. The van der Waals surface area contributed by atoms with E-state index in [0.717, 1.165) is 15.4 Å². The number of non-ortho nitro benzene ring substituents is 1. The molecule has 0 aliphatic heterocycles. The quantitative estimate of drug-likeness (QED) is 0.687. The second kappa shape index (κ2) is 4.87. The van der Waals surface area contributed by atoms with Crippen molar-refractivity contribution in [2.75, 3.05) is 0 Å². The summed E-state index contributed by atoms with van der Waals surface area (Å²) in [4.78, 5) is 21.9. The van der Waals surface area contributed by atoms with E-state index in [1.807, 2.05) is 5.38 Å². The highest BCUT2D eigenvalue weighted by molar-refractivity contribution is 9.10. The number of rotatable bonds is 3. The van der Waals surface area contributed by atoms with Crippen LogP contribution in [0.2, 0.25) is 0 Å². The lowest BCUT2D eigenvalue weighted by Gasteiger charge is -2.02. The summed E-state index contributed by atoms with van der Waals surface area (Å²) in [7, 11) is 0. The minimum atomic E-state index is -1.19. The number of carboxylic acids is 1. The summed E-state index contributed by atoms with van der Waals surface area (Å²) in [6, 6.07) is 5.64. The fraction of sp³-hybridized carbons (Fsp3) is 0. The number of nitro groups is 1. The first-order chi connectivity index (χ1) is 8.49. The van der Waals surface area contributed by atoms with Crippen LogP contribution in [-0.2, 0) is 0 Å². The van der Waals surface area contributed by atoms with Crippen LogP contribution in [0.15, 0.2) is 34.1 Å². The summed E-state index contributed by atoms with van der Waals surface area (Å²) in [6.45, 7) is 0. The van der Waals surface area contributed by atoms with Crippen LogP contribution in [0, 0.1) is 10.1 Å². The normalized spacial score (nSPS) is 10.3. The molecule has 0 aliphatic carbocycles. The topological polar surface area (TPSA) is 80.4 Å². The van der Waals surface area contributed by atoms with Gasteiger partial charge in [0.1, 0.15) is 0 Å². The van der Waals surface area contributed by atoms with Gasteiger partial charge in [0.2, 0.25) is 0 Å². The minimum absolute atomic E-state index is 0.0977. The maximum absolute atomic E-state index is 11.0. The van der Waals surface area contributed by atoms with Crippen molar-refractivity contribution in [2.24, 2.45) is 0 Å². The highest BCUT2D eigenvalue weighted by atomic mass is 79.9. The lowest BCUT2D eigenvalue weighted by Crippen LogP contribution is -1.99. The molecule has 92 valence electrons. The zero-order valence-corrected chi connectivity index (χ0v) is 11.2. The molecule has 0 amide bonds. The molecule has 1 aromatic carbocycles. The number of aromatic carboxylic acids is 1. The van der Waals surface area contributed by atoms with Crippen LogP contribution in [0.5, 0.6) is 0 Å². The van der Waals surface area contributed by atoms with Gasteiger partial charge in [0.25, 0.3) is 5.69 Å². The summed E-state index contributed by atoms with van der Waals surface area (Å²) in [5.74, 6) is -1.19. The van der Waals surface area contributed by atoms with Crippen LogP contribution in [0.4, 0.5) is 5.69 Å². The Morgan fingerprint density at radius 2 is 2.11 bits per heavy atom. The molecule has 7 heteroatoms. The van der Waals surface area contributed by atoms with Gasteiger partial charge in [-0.1, -0.05) is 0 Å². The maximum Gasteiger partial charge on any atom is 0.335 e. The fourth-order valence-corrected chi connectivity index (χ4v) is 3.06. The Labute approximate surface area is 114 Å². The third-order valence-corrected chi connectivity index (χ3v) is 4.14. The first-order valence-corrected chi connectivity index (χ1v) is 6.42. The standard InChI is InChI=1S/C11H6BrNO4S/c12-9-1-2-18-10(9)6-3-7(11(14)15)5-8(4-6)13(16)17/h1-5H,(H,14,15). The van der Waals surface area contributed by atoms with Crippen molar-refractivity contribution < 1.29 is 14.8 Å². The molecule has 1 heterocycles. The monoisotopic (exact) mass is 327 g/mol. The number of benzene rings is 1. The molecule has 2 rings (SSSR count). The van der Waals surface area contributed by atoms with Gasteiger partial charge in [0, 0.05) is 27.0 Å². The molecule has 0 saturated carbocycles. The molecule has 5 nitrogen and oxygen atoms in total. The first-order valence-electron chi connectivity index (χ1n) is 4.75. The zero-order valence-electron chi connectivity index (χ0n) is 8.79. The van der Waals surface area contributed by atoms with Crippen LogP contribution in [0.3, 0.4) is 0 Å².